The number of carbonyl (C=O) groups excluding carboxylic acids is 2. The highest BCUT2D eigenvalue weighted by molar-refractivity contribution is 7.99. The average molecular weight is 1310 g/mol. The third-order valence-electron chi connectivity index (χ3n) is 21.7. The molecule has 4 heterocycles. The lowest BCUT2D eigenvalue weighted by Gasteiger charge is -2.49. The number of hydrogen-bond acceptors (Lipinski definition) is 10. The number of nitrogens with one attached hydrogen (secondary N) is 2. The summed E-state index contributed by atoms with van der Waals surface area (Å²) in [6.07, 6.45) is 16.9. The zero-order valence-corrected chi connectivity index (χ0v) is 55.5. The van der Waals surface area contributed by atoms with Crippen molar-refractivity contribution in [1.29, 1.82) is 0 Å². The molecule has 2 fully saturated rings. The lowest BCUT2D eigenvalue weighted by Crippen LogP contribution is -2.52. The van der Waals surface area contributed by atoms with Crippen molar-refractivity contribution in [2.75, 3.05) is 49.2 Å². The topological polar surface area (TPSA) is 158 Å². The summed E-state index contributed by atoms with van der Waals surface area (Å²) in [6.45, 7) is 17.9. The summed E-state index contributed by atoms with van der Waals surface area (Å²) >= 11 is 12.8. The van der Waals surface area contributed by atoms with Gasteiger partial charge in [-0.3, -0.25) is 19.0 Å². The van der Waals surface area contributed by atoms with Crippen LogP contribution in [0.5, 0.6) is 11.5 Å². The van der Waals surface area contributed by atoms with Crippen LogP contribution < -0.4 is 28.7 Å². The molecule has 12 rings (SSSR count). The Bertz CT molecular complexity index is 3530. The third kappa shape index (κ3) is 13.3. The standard InChI is InChI=1S/2C36H44ClFN2O4S/c2*1-23-7-5-16-36(42,19-24(2)38)31-12-9-28(31)20-40-21-35(15-6-8-26-17-29(37)11-13-30(26)35)22-44-33-14-10-27(18-32(33)40)34(41)39-45(4,43)25(23)3/h2*5,10-11,13-14,16-18,23,25,28,31,42H,2,4,6-9,12,15,19-22H2,1,3H3,(H,39,41,43)/b2*16-5+/t23-,25+,28-,31+,35-,36+,45?;23-,25+,28-,31+,35-,36-,45?/m00/s1. The number of nitrogens with zero attached hydrogens (tertiary/aromatic N) is 2. The van der Waals surface area contributed by atoms with Gasteiger partial charge in [0.1, 0.15) is 11.5 Å². The van der Waals surface area contributed by atoms with Crippen LogP contribution in [0.4, 0.5) is 20.2 Å². The van der Waals surface area contributed by atoms with E-state index in [4.69, 9.17) is 32.7 Å². The summed E-state index contributed by atoms with van der Waals surface area (Å²) in [4.78, 5) is 31.7. The van der Waals surface area contributed by atoms with E-state index in [2.05, 4.69) is 68.4 Å². The van der Waals surface area contributed by atoms with Crippen LogP contribution in [-0.2, 0) is 43.1 Å². The summed E-state index contributed by atoms with van der Waals surface area (Å²) in [7, 11) is -6.04. The van der Waals surface area contributed by atoms with Gasteiger partial charge < -0.3 is 29.5 Å². The number of halogens is 4. The number of carbonyl (C=O) groups is 2. The van der Waals surface area contributed by atoms with Gasteiger partial charge in [-0.25, -0.2) is 17.2 Å². The van der Waals surface area contributed by atoms with E-state index < -0.39 is 64.6 Å². The van der Waals surface area contributed by atoms with Gasteiger partial charge >= 0.3 is 0 Å². The normalized spacial score (nSPS) is 35.6. The second-order valence-electron chi connectivity index (χ2n) is 27.8. The minimum atomic E-state index is -3.02. The highest BCUT2D eigenvalue weighted by Crippen LogP contribution is 2.52. The fourth-order valence-corrected chi connectivity index (χ4v) is 19.3. The number of ether oxygens (including phenoxy) is 2. The van der Waals surface area contributed by atoms with E-state index in [0.717, 1.165) is 75.6 Å². The Morgan fingerprint density at radius 3 is 1.39 bits per heavy atom. The molecule has 2 amide bonds. The van der Waals surface area contributed by atoms with Crippen LogP contribution in [0.1, 0.15) is 148 Å². The van der Waals surface area contributed by atoms with Crippen LogP contribution in [0.25, 0.3) is 0 Å². The highest BCUT2D eigenvalue weighted by atomic mass is 35.5. The van der Waals surface area contributed by atoms with Crippen molar-refractivity contribution >= 4 is 77.5 Å². The molecular weight excluding hydrogens is 1220 g/mol. The van der Waals surface area contributed by atoms with Gasteiger partial charge in [0.15, 0.2) is 0 Å². The molecule has 12 nitrogen and oxygen atoms in total. The van der Waals surface area contributed by atoms with E-state index in [0.29, 0.717) is 84.9 Å². The number of anilines is 2. The van der Waals surface area contributed by atoms with E-state index in [1.54, 1.807) is 24.3 Å². The molecule has 4 aromatic carbocycles. The Balaban J connectivity index is 0.000000185. The zero-order valence-electron chi connectivity index (χ0n) is 52.4. The fraction of sp³-hybridized carbons (Fsp3) is 0.500. The molecular formula is C72H88Cl2F2N4O8S2. The van der Waals surface area contributed by atoms with Crippen molar-refractivity contribution in [2.45, 2.75) is 150 Å². The van der Waals surface area contributed by atoms with E-state index >= 15 is 0 Å². The summed E-state index contributed by atoms with van der Waals surface area (Å²) < 4.78 is 74.9. The van der Waals surface area contributed by atoms with Crippen molar-refractivity contribution < 1.29 is 46.5 Å². The molecule has 2 spiro atoms. The van der Waals surface area contributed by atoms with E-state index in [1.807, 2.05) is 76.2 Å². The van der Waals surface area contributed by atoms with E-state index in [-0.39, 0.29) is 59.2 Å². The van der Waals surface area contributed by atoms with Crippen molar-refractivity contribution in [3.05, 3.63) is 165 Å². The van der Waals surface area contributed by atoms with E-state index in [9.17, 15) is 37.0 Å². The van der Waals surface area contributed by atoms with Gasteiger partial charge in [-0.1, -0.05) is 86.6 Å². The monoisotopic (exact) mass is 1310 g/mol. The van der Waals surface area contributed by atoms with E-state index in [1.165, 1.54) is 22.3 Å². The Morgan fingerprint density at radius 2 is 1.02 bits per heavy atom. The molecule has 484 valence electrons. The Labute approximate surface area is 541 Å². The first-order chi connectivity index (χ1) is 42.6. The minimum Gasteiger partial charge on any atom is -0.490 e. The first kappa shape index (κ1) is 65.9. The molecule has 4 bridgehead atoms. The first-order valence-corrected chi connectivity index (χ1v) is 36.4. The second kappa shape index (κ2) is 25.7. The second-order valence-corrected chi connectivity index (χ2v) is 33.5. The van der Waals surface area contributed by atoms with Gasteiger partial charge in [0, 0.05) is 81.5 Å². The molecule has 0 saturated heterocycles. The minimum absolute atomic E-state index is 0.0793. The maximum atomic E-state index is 14.4. The van der Waals surface area contributed by atoms with Crippen LogP contribution >= 0.6 is 23.2 Å². The summed E-state index contributed by atoms with van der Waals surface area (Å²) in [5, 5.41) is 24.5. The van der Waals surface area contributed by atoms with Gasteiger partial charge in [-0.15, -0.1) is 0 Å². The smallest absolute Gasteiger partial charge is 0.262 e. The molecule has 8 aliphatic rings. The van der Waals surface area contributed by atoms with Crippen LogP contribution in [0.3, 0.4) is 0 Å². The SMILES string of the molecule is C=C(F)C[C@@]1(O)/C=C/C[C@H](C)[C@@H](C)S(=C)(=O)NC(=O)c2ccc3c(c2)N(C[C@@H]2CC[C@H]21)C[C@@]1(CCCc2cc(Cl)ccc21)CO3.C=C(F)C[C@]1(O)/C=C/C[C@H](C)[C@@H](C)S(=C)(=O)NC(=O)c2ccc3c(c2)N(C[C@@H]2CC[C@H]21)C[C@@]1(CCCc2cc(Cl)ccc21)CO3. The third-order valence-corrected chi connectivity index (χ3v) is 26.6. The van der Waals surface area contributed by atoms with Crippen molar-refractivity contribution in [3.8, 4) is 11.5 Å². The largest absolute Gasteiger partial charge is 0.490 e. The molecule has 4 aromatic rings. The lowest BCUT2D eigenvalue weighted by atomic mass is 9.63. The first-order valence-electron chi connectivity index (χ1n) is 32.0. The maximum Gasteiger partial charge on any atom is 0.262 e. The van der Waals surface area contributed by atoms with Crippen LogP contribution in [0.15, 0.2) is 122 Å². The maximum absolute atomic E-state index is 14.4. The number of amides is 2. The van der Waals surface area contributed by atoms with Crippen molar-refractivity contribution in [3.63, 3.8) is 0 Å². The van der Waals surface area contributed by atoms with Crippen LogP contribution in [0, 0.1) is 35.5 Å². The molecule has 4 aliphatic heterocycles. The number of hydrogen-bond donors (Lipinski definition) is 4. The molecule has 4 N–H and O–H groups in total. The number of rotatable bonds is 4. The molecule has 4 aliphatic carbocycles. The van der Waals surface area contributed by atoms with Crippen LogP contribution in [0.2, 0.25) is 10.0 Å². The Morgan fingerprint density at radius 1 is 0.622 bits per heavy atom. The molecule has 90 heavy (non-hydrogen) atoms. The Hall–Kier alpha value is -5.62. The van der Waals surface area contributed by atoms with Gasteiger partial charge in [-0.05, 0) is 221 Å². The van der Waals surface area contributed by atoms with Gasteiger partial charge in [0.2, 0.25) is 0 Å². The predicted molar refractivity (Wildman–Crippen MR) is 363 cm³/mol. The zero-order chi connectivity index (χ0) is 64.3. The number of benzene rings is 4. The molecule has 0 aromatic heterocycles. The Kier molecular flexibility index (Phi) is 18.8. The molecule has 18 heteroatoms. The van der Waals surface area contributed by atoms with Gasteiger partial charge in [0.25, 0.3) is 11.8 Å². The van der Waals surface area contributed by atoms with Gasteiger partial charge in [-0.2, -0.15) is 0 Å². The summed E-state index contributed by atoms with van der Waals surface area (Å²) in [5.74, 6) is 6.80. The number of aliphatic hydroxyl groups is 2. The highest BCUT2D eigenvalue weighted by Gasteiger charge is 2.51. The summed E-state index contributed by atoms with van der Waals surface area (Å²) in [6, 6.07) is 23.0. The van der Waals surface area contributed by atoms with Crippen molar-refractivity contribution in [2.24, 2.45) is 35.5 Å². The van der Waals surface area contributed by atoms with Crippen LogP contribution in [-0.4, -0.2) is 103 Å². The predicted octanol–water partition coefficient (Wildman–Crippen LogP) is 13.6. The molecule has 0 radical (unpaired) electrons. The lowest BCUT2D eigenvalue weighted by molar-refractivity contribution is -0.0477. The quantitative estimate of drug-likeness (QED) is 0.115. The average Bonchev–Trinajstić information content (AvgIpc) is 1.48. The fourth-order valence-electron chi connectivity index (χ4n) is 15.9. The number of aryl methyl sites for hydroxylation is 2. The molecule has 2 unspecified atom stereocenters. The van der Waals surface area contributed by atoms with Gasteiger partial charge in [0.05, 0.1) is 66.9 Å². The van der Waals surface area contributed by atoms with Crippen molar-refractivity contribution in [1.82, 2.24) is 9.44 Å². The number of fused-ring (bicyclic) bond motifs is 8. The number of allylic oxidation sites excluding steroid dienone is 2. The summed E-state index contributed by atoms with van der Waals surface area (Å²) in [5.41, 5.74) is 3.84. The molecule has 2 saturated carbocycles. The molecule has 14 atom stereocenters.